The van der Waals surface area contributed by atoms with E-state index in [1.807, 2.05) is 63.2 Å². The molecule has 0 bridgehead atoms. The Hall–Kier alpha value is -2.96. The average Bonchev–Trinajstić information content (AvgIpc) is 2.75. The molecule has 6 heteroatoms. The summed E-state index contributed by atoms with van der Waals surface area (Å²) in [7, 11) is -3.85. The number of nitrogens with one attached hydrogen (secondary N) is 1. The van der Waals surface area contributed by atoms with Gasteiger partial charge in [-0.1, -0.05) is 59.7 Å². The Morgan fingerprint density at radius 3 is 2.23 bits per heavy atom. The number of carbonyl (C=O) groups excluding carboxylic acids is 1. The minimum Gasteiger partial charge on any atom is -0.324 e. The quantitative estimate of drug-likeness (QED) is 0.663. The molecule has 4 rings (SSSR count). The lowest BCUT2D eigenvalue weighted by Gasteiger charge is -2.35. The largest absolute Gasteiger partial charge is 0.324 e. The molecular formula is C25H26N2O3S. The van der Waals surface area contributed by atoms with Gasteiger partial charge in [-0.3, -0.25) is 4.79 Å². The van der Waals surface area contributed by atoms with Gasteiger partial charge in [0.2, 0.25) is 15.9 Å². The van der Waals surface area contributed by atoms with Gasteiger partial charge in [-0.05, 0) is 62.1 Å². The molecule has 1 heterocycles. The van der Waals surface area contributed by atoms with E-state index in [-0.39, 0.29) is 17.3 Å². The molecule has 0 radical (unpaired) electrons. The van der Waals surface area contributed by atoms with Gasteiger partial charge in [0.15, 0.2) is 0 Å². The van der Waals surface area contributed by atoms with Crippen molar-refractivity contribution < 1.29 is 13.2 Å². The predicted molar refractivity (Wildman–Crippen MR) is 122 cm³/mol. The molecule has 1 amide bonds. The number of fused-ring (bicyclic) bond motifs is 1. The van der Waals surface area contributed by atoms with Crippen LogP contribution in [0.25, 0.3) is 0 Å². The summed E-state index contributed by atoms with van der Waals surface area (Å²) in [6.45, 7) is 6.00. The topological polar surface area (TPSA) is 66.5 Å². The fourth-order valence-corrected chi connectivity index (χ4v) is 5.56. The number of nitrogens with zero attached hydrogens (tertiary/aromatic N) is 1. The van der Waals surface area contributed by atoms with Crippen LogP contribution in [-0.2, 0) is 27.8 Å². The molecule has 0 saturated carbocycles. The first-order chi connectivity index (χ1) is 14.8. The highest BCUT2D eigenvalue weighted by Crippen LogP contribution is 2.30. The van der Waals surface area contributed by atoms with E-state index in [9.17, 15) is 13.2 Å². The SMILES string of the molecule is Cc1ccc(S(=O)(=O)N2Cc3ccccc3C[C@H]2C(=O)Nc2ccc(C)cc2C)cc1. The van der Waals surface area contributed by atoms with Crippen molar-refractivity contribution in [1.29, 1.82) is 0 Å². The van der Waals surface area contributed by atoms with E-state index in [0.717, 1.165) is 27.8 Å². The molecule has 0 fully saturated rings. The number of hydrogen-bond donors (Lipinski definition) is 1. The first-order valence-electron chi connectivity index (χ1n) is 10.3. The second kappa shape index (κ2) is 8.29. The summed E-state index contributed by atoms with van der Waals surface area (Å²) in [6, 6.07) is 19.4. The molecule has 1 N–H and O–H groups in total. The van der Waals surface area contributed by atoms with Crippen LogP contribution in [0.1, 0.15) is 27.8 Å². The van der Waals surface area contributed by atoms with Crippen molar-refractivity contribution in [2.24, 2.45) is 0 Å². The number of aryl methyl sites for hydroxylation is 3. The summed E-state index contributed by atoms with van der Waals surface area (Å²) >= 11 is 0. The smallest absolute Gasteiger partial charge is 0.244 e. The molecule has 3 aromatic carbocycles. The van der Waals surface area contributed by atoms with Crippen molar-refractivity contribution >= 4 is 21.6 Å². The summed E-state index contributed by atoms with van der Waals surface area (Å²) in [4.78, 5) is 13.5. The maximum atomic E-state index is 13.5. The third-order valence-corrected chi connectivity index (χ3v) is 7.64. The molecule has 1 atom stereocenters. The van der Waals surface area contributed by atoms with Crippen LogP contribution < -0.4 is 5.32 Å². The van der Waals surface area contributed by atoms with Crippen molar-refractivity contribution in [3.8, 4) is 0 Å². The van der Waals surface area contributed by atoms with Crippen LogP contribution >= 0.6 is 0 Å². The minimum absolute atomic E-state index is 0.164. The van der Waals surface area contributed by atoms with Crippen LogP contribution in [0.15, 0.2) is 71.6 Å². The highest BCUT2D eigenvalue weighted by atomic mass is 32.2. The monoisotopic (exact) mass is 434 g/mol. The number of hydrogen-bond acceptors (Lipinski definition) is 3. The Morgan fingerprint density at radius 2 is 1.55 bits per heavy atom. The standard InChI is InChI=1S/C25H26N2O3S/c1-17-8-11-22(12-9-17)31(29,30)27-16-21-7-5-4-6-20(21)15-24(27)25(28)26-23-13-10-18(2)14-19(23)3/h4-14,24H,15-16H2,1-3H3,(H,26,28)/t24-/m0/s1. The number of rotatable bonds is 4. The van der Waals surface area contributed by atoms with Crippen LogP contribution in [0.4, 0.5) is 5.69 Å². The van der Waals surface area contributed by atoms with Crippen molar-refractivity contribution in [2.75, 3.05) is 5.32 Å². The second-order valence-corrected chi connectivity index (χ2v) is 10.1. The van der Waals surface area contributed by atoms with Crippen molar-refractivity contribution in [2.45, 2.75) is 44.7 Å². The summed E-state index contributed by atoms with van der Waals surface area (Å²) in [5.74, 6) is -0.322. The maximum Gasteiger partial charge on any atom is 0.244 e. The Kier molecular flexibility index (Phi) is 5.69. The normalized spacial score (nSPS) is 16.5. The second-order valence-electron chi connectivity index (χ2n) is 8.16. The molecule has 160 valence electrons. The zero-order chi connectivity index (χ0) is 22.2. The number of benzene rings is 3. The van der Waals surface area contributed by atoms with E-state index in [1.54, 1.807) is 24.3 Å². The molecular weight excluding hydrogens is 408 g/mol. The van der Waals surface area contributed by atoms with Gasteiger partial charge in [-0.2, -0.15) is 4.31 Å². The lowest BCUT2D eigenvalue weighted by molar-refractivity contribution is -0.120. The van der Waals surface area contributed by atoms with Gasteiger partial charge >= 0.3 is 0 Å². The van der Waals surface area contributed by atoms with Crippen molar-refractivity contribution in [3.63, 3.8) is 0 Å². The third kappa shape index (κ3) is 4.27. The summed E-state index contributed by atoms with van der Waals surface area (Å²) in [6.07, 6.45) is 0.331. The molecule has 0 aliphatic carbocycles. The molecule has 3 aromatic rings. The molecule has 31 heavy (non-hydrogen) atoms. The molecule has 0 spiro atoms. The fourth-order valence-electron chi connectivity index (χ4n) is 3.99. The van der Waals surface area contributed by atoms with Crippen LogP contribution in [-0.4, -0.2) is 24.7 Å². The van der Waals surface area contributed by atoms with Crippen LogP contribution in [0.5, 0.6) is 0 Å². The van der Waals surface area contributed by atoms with Crippen molar-refractivity contribution in [1.82, 2.24) is 4.31 Å². The Morgan fingerprint density at radius 1 is 0.903 bits per heavy atom. The van der Waals surface area contributed by atoms with Gasteiger partial charge in [0.1, 0.15) is 6.04 Å². The highest BCUT2D eigenvalue weighted by Gasteiger charge is 2.39. The molecule has 1 aliphatic rings. The van der Waals surface area contributed by atoms with E-state index in [4.69, 9.17) is 0 Å². The molecule has 0 aromatic heterocycles. The van der Waals surface area contributed by atoms with Gasteiger partial charge < -0.3 is 5.32 Å². The first-order valence-corrected chi connectivity index (χ1v) is 11.7. The first kappa shape index (κ1) is 21.3. The molecule has 1 aliphatic heterocycles. The summed E-state index contributed by atoms with van der Waals surface area (Å²) in [5, 5.41) is 2.96. The van der Waals surface area contributed by atoms with E-state index in [0.29, 0.717) is 12.1 Å². The maximum absolute atomic E-state index is 13.5. The highest BCUT2D eigenvalue weighted by molar-refractivity contribution is 7.89. The summed E-state index contributed by atoms with van der Waals surface area (Å²) in [5.41, 5.74) is 5.64. The number of carbonyl (C=O) groups is 1. The van der Waals surface area contributed by atoms with E-state index >= 15 is 0 Å². The number of sulfonamides is 1. The minimum atomic E-state index is -3.85. The number of anilines is 1. The van der Waals surface area contributed by atoms with Crippen LogP contribution in [0.3, 0.4) is 0 Å². The predicted octanol–water partition coefficient (Wildman–Crippen LogP) is 4.37. The van der Waals surface area contributed by atoms with E-state index in [1.165, 1.54) is 4.31 Å². The van der Waals surface area contributed by atoms with Gasteiger partial charge in [0.25, 0.3) is 0 Å². The zero-order valence-corrected chi connectivity index (χ0v) is 18.7. The van der Waals surface area contributed by atoms with E-state index < -0.39 is 16.1 Å². The Balaban J connectivity index is 1.72. The van der Waals surface area contributed by atoms with Gasteiger partial charge in [0.05, 0.1) is 4.90 Å². The fraction of sp³-hybridized carbons (Fsp3) is 0.240. The van der Waals surface area contributed by atoms with Gasteiger partial charge in [-0.25, -0.2) is 8.42 Å². The van der Waals surface area contributed by atoms with E-state index in [2.05, 4.69) is 5.32 Å². The third-order valence-electron chi connectivity index (χ3n) is 5.78. The molecule has 5 nitrogen and oxygen atoms in total. The van der Waals surface area contributed by atoms with Gasteiger partial charge in [-0.15, -0.1) is 0 Å². The Bertz CT molecular complexity index is 1230. The lowest BCUT2D eigenvalue weighted by Crippen LogP contribution is -2.50. The average molecular weight is 435 g/mol. The lowest BCUT2D eigenvalue weighted by atomic mass is 9.95. The molecule has 0 unspecified atom stereocenters. The summed E-state index contributed by atoms with van der Waals surface area (Å²) < 4.78 is 28.4. The Labute approximate surface area is 183 Å². The number of amides is 1. The zero-order valence-electron chi connectivity index (χ0n) is 17.9. The van der Waals surface area contributed by atoms with Gasteiger partial charge in [0, 0.05) is 12.2 Å². The van der Waals surface area contributed by atoms with Crippen LogP contribution in [0.2, 0.25) is 0 Å². The van der Waals surface area contributed by atoms with Crippen molar-refractivity contribution in [3.05, 3.63) is 94.5 Å². The van der Waals surface area contributed by atoms with Crippen LogP contribution in [0, 0.1) is 20.8 Å². The molecule has 0 saturated heterocycles.